The molecule has 2 aromatic rings. The van der Waals surface area contributed by atoms with Gasteiger partial charge in [-0.15, -0.1) is 0 Å². The summed E-state index contributed by atoms with van der Waals surface area (Å²) >= 11 is 6.00. The van der Waals surface area contributed by atoms with Gasteiger partial charge in [-0.1, -0.05) is 61.8 Å². The Labute approximate surface area is 179 Å². The van der Waals surface area contributed by atoms with Crippen LogP contribution in [0.5, 0.6) is 0 Å². The zero-order chi connectivity index (χ0) is 21.4. The summed E-state index contributed by atoms with van der Waals surface area (Å²) in [5.74, 6) is -0.158. The van der Waals surface area contributed by atoms with Crippen molar-refractivity contribution in [3.8, 4) is 0 Å². The number of amides is 2. The molecule has 0 heterocycles. The van der Waals surface area contributed by atoms with Gasteiger partial charge in [-0.05, 0) is 55.5 Å². The van der Waals surface area contributed by atoms with Crippen LogP contribution in [0.1, 0.15) is 50.3 Å². The number of rotatable bonds is 9. The molecule has 5 heteroatoms. The first-order valence-electron chi connectivity index (χ1n) is 10.2. The summed E-state index contributed by atoms with van der Waals surface area (Å²) in [6.07, 6.45) is 1.67. The monoisotopic (exact) mass is 414 g/mol. The smallest absolute Gasteiger partial charge is 0.243 e. The molecular weight excluding hydrogens is 384 g/mol. The van der Waals surface area contributed by atoms with Crippen molar-refractivity contribution in [2.24, 2.45) is 0 Å². The number of halogens is 1. The molecular formula is C24H31ClN2O2. The van der Waals surface area contributed by atoms with E-state index >= 15 is 0 Å². The van der Waals surface area contributed by atoms with Crippen LogP contribution in [0, 0.1) is 6.92 Å². The summed E-state index contributed by atoms with van der Waals surface area (Å²) in [5.41, 5.74) is 3.00. The van der Waals surface area contributed by atoms with Crippen molar-refractivity contribution in [2.45, 2.75) is 65.6 Å². The summed E-state index contributed by atoms with van der Waals surface area (Å²) in [6.45, 7) is 8.31. The molecule has 0 saturated carbocycles. The van der Waals surface area contributed by atoms with Gasteiger partial charge in [-0.25, -0.2) is 0 Å². The number of aryl methyl sites for hydroxylation is 1. The number of carbonyl (C=O) groups excluding carboxylic acids is 2. The Kier molecular flexibility index (Phi) is 8.71. The third-order valence-corrected chi connectivity index (χ3v) is 5.51. The van der Waals surface area contributed by atoms with Gasteiger partial charge >= 0.3 is 0 Å². The normalized spacial score (nSPS) is 12.9. The standard InChI is InChI=1S/C24H31ClN2O2/c1-5-18(4)26-24(29)22(6-2)27(16-19-11-13-21(25)14-12-19)23(28)15-20-10-8-7-9-17(20)3/h7-14,18,22H,5-6,15-16H2,1-4H3,(H,26,29)/t18-,22+/m0/s1. The fourth-order valence-corrected chi connectivity index (χ4v) is 3.35. The molecule has 1 N–H and O–H groups in total. The van der Waals surface area contributed by atoms with E-state index in [9.17, 15) is 9.59 Å². The van der Waals surface area contributed by atoms with Gasteiger partial charge in [-0.3, -0.25) is 9.59 Å². The van der Waals surface area contributed by atoms with Crippen molar-refractivity contribution >= 4 is 23.4 Å². The van der Waals surface area contributed by atoms with Crippen LogP contribution in [-0.2, 0) is 22.6 Å². The lowest BCUT2D eigenvalue weighted by molar-refractivity contribution is -0.141. The van der Waals surface area contributed by atoms with E-state index in [0.717, 1.165) is 23.1 Å². The summed E-state index contributed by atoms with van der Waals surface area (Å²) in [7, 11) is 0. The van der Waals surface area contributed by atoms with Gasteiger partial charge in [0.25, 0.3) is 0 Å². The van der Waals surface area contributed by atoms with Gasteiger partial charge in [-0.2, -0.15) is 0 Å². The summed E-state index contributed by atoms with van der Waals surface area (Å²) < 4.78 is 0. The highest BCUT2D eigenvalue weighted by atomic mass is 35.5. The minimum Gasteiger partial charge on any atom is -0.352 e. The molecule has 0 unspecified atom stereocenters. The molecule has 0 fully saturated rings. The van der Waals surface area contributed by atoms with Crippen molar-refractivity contribution in [3.05, 3.63) is 70.2 Å². The highest BCUT2D eigenvalue weighted by molar-refractivity contribution is 6.30. The van der Waals surface area contributed by atoms with Crippen LogP contribution in [0.15, 0.2) is 48.5 Å². The molecule has 4 nitrogen and oxygen atoms in total. The molecule has 0 aliphatic rings. The van der Waals surface area contributed by atoms with Crippen LogP contribution in [-0.4, -0.2) is 28.8 Å². The average molecular weight is 415 g/mol. The minimum absolute atomic E-state index is 0.0552. The Balaban J connectivity index is 2.29. The van der Waals surface area contributed by atoms with Crippen LogP contribution in [0.25, 0.3) is 0 Å². The van der Waals surface area contributed by atoms with Crippen molar-refractivity contribution in [2.75, 3.05) is 0 Å². The van der Waals surface area contributed by atoms with E-state index in [-0.39, 0.29) is 24.3 Å². The molecule has 0 aliphatic heterocycles. The molecule has 0 spiro atoms. The lowest BCUT2D eigenvalue weighted by Crippen LogP contribution is -2.51. The Morgan fingerprint density at radius 3 is 2.28 bits per heavy atom. The number of carbonyl (C=O) groups is 2. The van der Waals surface area contributed by atoms with E-state index < -0.39 is 6.04 Å². The maximum atomic E-state index is 13.3. The maximum absolute atomic E-state index is 13.3. The van der Waals surface area contributed by atoms with Gasteiger partial charge < -0.3 is 10.2 Å². The fraction of sp³-hybridized carbons (Fsp3) is 0.417. The summed E-state index contributed by atoms with van der Waals surface area (Å²) in [4.78, 5) is 27.9. The van der Waals surface area contributed by atoms with Crippen LogP contribution in [0.3, 0.4) is 0 Å². The van der Waals surface area contributed by atoms with Crippen LogP contribution >= 0.6 is 11.6 Å². The predicted molar refractivity (Wildman–Crippen MR) is 119 cm³/mol. The number of hydrogen-bond donors (Lipinski definition) is 1. The van der Waals surface area contributed by atoms with Gasteiger partial charge in [0.05, 0.1) is 6.42 Å². The van der Waals surface area contributed by atoms with Crippen LogP contribution in [0.4, 0.5) is 0 Å². The zero-order valence-corrected chi connectivity index (χ0v) is 18.5. The van der Waals surface area contributed by atoms with E-state index in [2.05, 4.69) is 5.32 Å². The van der Waals surface area contributed by atoms with Gasteiger partial charge in [0, 0.05) is 17.6 Å². The third-order valence-electron chi connectivity index (χ3n) is 5.26. The van der Waals surface area contributed by atoms with Gasteiger partial charge in [0.2, 0.25) is 11.8 Å². The molecule has 156 valence electrons. The Bertz CT molecular complexity index is 820. The molecule has 0 aliphatic carbocycles. The second-order valence-corrected chi connectivity index (χ2v) is 7.93. The van der Waals surface area contributed by atoms with Crippen molar-refractivity contribution < 1.29 is 9.59 Å². The maximum Gasteiger partial charge on any atom is 0.243 e. The molecule has 0 radical (unpaired) electrons. The number of nitrogens with zero attached hydrogens (tertiary/aromatic N) is 1. The Hall–Kier alpha value is -2.33. The van der Waals surface area contributed by atoms with Crippen LogP contribution in [0.2, 0.25) is 5.02 Å². The molecule has 0 saturated heterocycles. The fourth-order valence-electron chi connectivity index (χ4n) is 3.22. The van der Waals surface area contributed by atoms with Crippen molar-refractivity contribution in [1.82, 2.24) is 10.2 Å². The van der Waals surface area contributed by atoms with Gasteiger partial charge in [0.1, 0.15) is 6.04 Å². The van der Waals surface area contributed by atoms with Gasteiger partial charge in [0.15, 0.2) is 0 Å². The zero-order valence-electron chi connectivity index (χ0n) is 17.7. The third kappa shape index (κ3) is 6.60. The first-order chi connectivity index (χ1) is 13.8. The molecule has 0 aromatic heterocycles. The van der Waals surface area contributed by atoms with E-state index in [1.807, 2.05) is 64.1 Å². The van der Waals surface area contributed by atoms with E-state index in [1.54, 1.807) is 17.0 Å². The summed E-state index contributed by atoms with van der Waals surface area (Å²) in [6, 6.07) is 14.8. The lowest BCUT2D eigenvalue weighted by atomic mass is 10.0. The highest BCUT2D eigenvalue weighted by Crippen LogP contribution is 2.18. The highest BCUT2D eigenvalue weighted by Gasteiger charge is 2.29. The minimum atomic E-state index is -0.517. The molecule has 2 rings (SSSR count). The largest absolute Gasteiger partial charge is 0.352 e. The van der Waals surface area contributed by atoms with Crippen molar-refractivity contribution in [3.63, 3.8) is 0 Å². The predicted octanol–water partition coefficient (Wildman–Crippen LogP) is 4.91. The summed E-state index contributed by atoms with van der Waals surface area (Å²) in [5, 5.41) is 3.68. The molecule has 2 amide bonds. The van der Waals surface area contributed by atoms with E-state index in [4.69, 9.17) is 11.6 Å². The van der Waals surface area contributed by atoms with Crippen LogP contribution < -0.4 is 5.32 Å². The molecule has 29 heavy (non-hydrogen) atoms. The van der Waals surface area contributed by atoms with Crippen molar-refractivity contribution in [1.29, 1.82) is 0 Å². The van der Waals surface area contributed by atoms with E-state index in [0.29, 0.717) is 18.0 Å². The second kappa shape index (κ2) is 11.0. The lowest BCUT2D eigenvalue weighted by Gasteiger charge is -2.31. The number of benzene rings is 2. The first kappa shape index (κ1) is 23.0. The first-order valence-corrected chi connectivity index (χ1v) is 10.6. The Morgan fingerprint density at radius 2 is 1.69 bits per heavy atom. The van der Waals surface area contributed by atoms with E-state index in [1.165, 1.54) is 0 Å². The number of hydrogen-bond acceptors (Lipinski definition) is 2. The average Bonchev–Trinajstić information content (AvgIpc) is 2.70. The SMILES string of the molecule is CC[C@H](C(=O)N[C@@H](C)CC)N(Cc1ccc(Cl)cc1)C(=O)Cc1ccccc1C. The topological polar surface area (TPSA) is 49.4 Å². The second-order valence-electron chi connectivity index (χ2n) is 7.49. The molecule has 0 bridgehead atoms. The quantitative estimate of drug-likeness (QED) is 0.633. The number of nitrogens with one attached hydrogen (secondary N) is 1. The molecule has 2 aromatic carbocycles. The molecule has 2 atom stereocenters. The Morgan fingerprint density at radius 1 is 1.03 bits per heavy atom.